The summed E-state index contributed by atoms with van der Waals surface area (Å²) in [6.07, 6.45) is 4.79. The van der Waals surface area contributed by atoms with Crippen molar-refractivity contribution in [3.05, 3.63) is 36.0 Å². The van der Waals surface area contributed by atoms with Crippen LogP contribution in [-0.4, -0.2) is 18.1 Å². The fraction of sp³-hybridized carbons (Fsp3) is 0.357. The molecule has 0 aliphatic carbocycles. The number of para-hydroxylation sites is 1. The predicted molar refractivity (Wildman–Crippen MR) is 68.0 cm³/mol. The smallest absolute Gasteiger partial charge is 0.122 e. The molecule has 1 heterocycles. The number of aromatic nitrogens is 1. The molecule has 0 amide bonds. The van der Waals surface area contributed by atoms with Gasteiger partial charge in [-0.15, -0.1) is 0 Å². The molecule has 0 aliphatic rings. The third kappa shape index (κ3) is 2.33. The van der Waals surface area contributed by atoms with Crippen molar-refractivity contribution >= 4 is 17.2 Å². The van der Waals surface area contributed by atoms with Gasteiger partial charge in [-0.25, -0.2) is 0 Å². The Morgan fingerprint density at radius 3 is 2.88 bits per heavy atom. The van der Waals surface area contributed by atoms with Gasteiger partial charge in [-0.05, 0) is 24.5 Å². The fourth-order valence-electron chi connectivity index (χ4n) is 2.02. The molecule has 1 unspecified atom stereocenters. The summed E-state index contributed by atoms with van der Waals surface area (Å²) in [5, 5.41) is 1.20. The Labute approximate surface area is 101 Å². The third-order valence-electron chi connectivity index (χ3n) is 3.06. The summed E-state index contributed by atoms with van der Waals surface area (Å²) in [6.45, 7) is 1.95. The summed E-state index contributed by atoms with van der Waals surface area (Å²) in [5.41, 5.74) is 2.31. The number of carbonyl (C=O) groups is 1. The largest absolute Gasteiger partial charge is 0.417 e. The Morgan fingerprint density at radius 2 is 2.18 bits per heavy atom. The number of aryl methyl sites for hydroxylation is 1. The van der Waals surface area contributed by atoms with Gasteiger partial charge in [0, 0.05) is 17.5 Å². The highest BCUT2D eigenvalue weighted by Gasteiger charge is 2.09. The van der Waals surface area contributed by atoms with Crippen LogP contribution in [0, 0.1) is 5.92 Å². The average Bonchev–Trinajstić information content (AvgIpc) is 2.74. The van der Waals surface area contributed by atoms with Crippen LogP contribution in [0.3, 0.4) is 0 Å². The van der Waals surface area contributed by atoms with Gasteiger partial charge in [0.15, 0.2) is 0 Å². The lowest BCUT2D eigenvalue weighted by Gasteiger charge is -2.01. The summed E-state index contributed by atoms with van der Waals surface area (Å²) >= 11 is 0. The Balaban J connectivity index is 2.30. The molecule has 0 radical (unpaired) electrons. The van der Waals surface area contributed by atoms with Crippen LogP contribution in [0.15, 0.2) is 30.5 Å². The van der Waals surface area contributed by atoms with Crippen molar-refractivity contribution in [2.45, 2.75) is 19.8 Å². The van der Waals surface area contributed by atoms with Crippen molar-refractivity contribution in [2.24, 2.45) is 5.92 Å². The van der Waals surface area contributed by atoms with Crippen LogP contribution in [0.2, 0.25) is 0 Å². The Morgan fingerprint density at radius 1 is 1.41 bits per heavy atom. The summed E-state index contributed by atoms with van der Waals surface area (Å²) in [4.78, 5) is 15.9. The van der Waals surface area contributed by atoms with Crippen LogP contribution in [0.4, 0.5) is 0 Å². The lowest BCUT2D eigenvalue weighted by molar-refractivity contribution is -0.110. The van der Waals surface area contributed by atoms with Gasteiger partial charge < -0.3 is 9.63 Å². The van der Waals surface area contributed by atoms with Gasteiger partial charge >= 0.3 is 0 Å². The molecule has 2 aromatic rings. The van der Waals surface area contributed by atoms with Crippen LogP contribution in [0.1, 0.15) is 18.9 Å². The van der Waals surface area contributed by atoms with E-state index < -0.39 is 0 Å². The normalized spacial score (nSPS) is 12.6. The maximum absolute atomic E-state index is 10.6. The van der Waals surface area contributed by atoms with Crippen LogP contribution in [-0.2, 0) is 11.2 Å². The molecule has 0 saturated heterocycles. The van der Waals surface area contributed by atoms with E-state index in [1.165, 1.54) is 10.9 Å². The molecule has 0 aliphatic heterocycles. The minimum atomic E-state index is 0.111. The second-order valence-corrected chi connectivity index (χ2v) is 4.33. The van der Waals surface area contributed by atoms with E-state index in [2.05, 4.69) is 6.07 Å². The number of benzene rings is 1. The van der Waals surface area contributed by atoms with Gasteiger partial charge in [0.2, 0.25) is 0 Å². The topological polar surface area (TPSA) is 31.2 Å². The summed E-state index contributed by atoms with van der Waals surface area (Å²) < 4.78 is 1.77. The molecule has 0 N–H and O–H groups in total. The first-order chi connectivity index (χ1) is 8.26. The zero-order chi connectivity index (χ0) is 12.3. The first-order valence-electron chi connectivity index (χ1n) is 5.85. The Hall–Kier alpha value is -1.77. The van der Waals surface area contributed by atoms with E-state index in [9.17, 15) is 4.79 Å². The van der Waals surface area contributed by atoms with Crippen molar-refractivity contribution in [3.63, 3.8) is 0 Å². The van der Waals surface area contributed by atoms with E-state index in [0.717, 1.165) is 24.6 Å². The molecule has 0 saturated carbocycles. The molecule has 90 valence electrons. The number of carbonyl (C=O) groups excluding carboxylic acids is 1. The van der Waals surface area contributed by atoms with Gasteiger partial charge in [-0.3, -0.25) is 0 Å². The minimum Gasteiger partial charge on any atom is -0.417 e. The van der Waals surface area contributed by atoms with Gasteiger partial charge in [0.25, 0.3) is 0 Å². The number of aldehydes is 1. The maximum atomic E-state index is 10.6. The number of rotatable bonds is 5. The molecule has 1 atom stereocenters. The first-order valence-corrected chi connectivity index (χ1v) is 5.85. The van der Waals surface area contributed by atoms with Crippen LogP contribution in [0.25, 0.3) is 10.9 Å². The van der Waals surface area contributed by atoms with Crippen molar-refractivity contribution in [3.8, 4) is 0 Å². The molecular formula is C14H17NO2. The summed E-state index contributed by atoms with van der Waals surface area (Å²) in [5.74, 6) is 0.111. The molecule has 17 heavy (non-hydrogen) atoms. The number of nitrogens with zero attached hydrogens (tertiary/aromatic N) is 1. The Kier molecular flexibility index (Phi) is 3.47. The van der Waals surface area contributed by atoms with Gasteiger partial charge in [0.1, 0.15) is 13.4 Å². The molecule has 1 aromatic carbocycles. The zero-order valence-electron chi connectivity index (χ0n) is 10.2. The molecule has 0 spiro atoms. The number of hydrogen-bond acceptors (Lipinski definition) is 2. The second-order valence-electron chi connectivity index (χ2n) is 4.33. The lowest BCUT2D eigenvalue weighted by Crippen LogP contribution is -2.03. The highest BCUT2D eigenvalue weighted by Crippen LogP contribution is 2.22. The van der Waals surface area contributed by atoms with Gasteiger partial charge in [0.05, 0.1) is 5.52 Å². The van der Waals surface area contributed by atoms with E-state index in [-0.39, 0.29) is 5.92 Å². The van der Waals surface area contributed by atoms with E-state index in [1.807, 2.05) is 31.3 Å². The predicted octanol–water partition coefficient (Wildman–Crippen LogP) is 2.47. The molecule has 0 bridgehead atoms. The third-order valence-corrected chi connectivity index (χ3v) is 3.06. The van der Waals surface area contributed by atoms with Gasteiger partial charge in [-0.2, -0.15) is 4.73 Å². The lowest BCUT2D eigenvalue weighted by atomic mass is 10.0. The van der Waals surface area contributed by atoms with Crippen LogP contribution < -0.4 is 4.84 Å². The molecule has 3 nitrogen and oxygen atoms in total. The first kappa shape index (κ1) is 11.7. The standard InChI is InChI=1S/C14H17NO2/c1-11(10-16)7-8-12-9-15(17-2)14-6-4-3-5-13(12)14/h3-6,9-11H,7-8H2,1-2H3. The van der Waals surface area contributed by atoms with E-state index in [1.54, 1.807) is 11.8 Å². The van der Waals surface area contributed by atoms with Crippen molar-refractivity contribution < 1.29 is 9.63 Å². The van der Waals surface area contributed by atoms with E-state index in [0.29, 0.717) is 0 Å². The summed E-state index contributed by atoms with van der Waals surface area (Å²) in [6, 6.07) is 8.14. The highest BCUT2D eigenvalue weighted by atomic mass is 16.6. The quantitative estimate of drug-likeness (QED) is 0.740. The highest BCUT2D eigenvalue weighted by molar-refractivity contribution is 5.83. The molecule has 1 aromatic heterocycles. The van der Waals surface area contributed by atoms with Crippen molar-refractivity contribution in [1.29, 1.82) is 0 Å². The van der Waals surface area contributed by atoms with E-state index >= 15 is 0 Å². The second kappa shape index (κ2) is 5.04. The molecule has 2 rings (SSSR count). The maximum Gasteiger partial charge on any atom is 0.122 e. The number of hydrogen-bond donors (Lipinski definition) is 0. The zero-order valence-corrected chi connectivity index (χ0v) is 10.2. The fourth-order valence-corrected chi connectivity index (χ4v) is 2.02. The van der Waals surface area contributed by atoms with E-state index in [4.69, 9.17) is 4.84 Å². The minimum absolute atomic E-state index is 0.111. The van der Waals surface area contributed by atoms with Gasteiger partial charge in [-0.1, -0.05) is 25.1 Å². The van der Waals surface area contributed by atoms with Crippen LogP contribution in [0.5, 0.6) is 0 Å². The van der Waals surface area contributed by atoms with Crippen LogP contribution >= 0.6 is 0 Å². The number of fused-ring (bicyclic) bond motifs is 1. The Bertz CT molecular complexity index is 516. The molecule has 3 heteroatoms. The summed E-state index contributed by atoms with van der Waals surface area (Å²) in [7, 11) is 1.66. The van der Waals surface area contributed by atoms with Crippen molar-refractivity contribution in [2.75, 3.05) is 7.11 Å². The SMILES string of the molecule is COn1cc(CCC(C)C=O)c2ccccc21. The van der Waals surface area contributed by atoms with Crippen molar-refractivity contribution in [1.82, 2.24) is 4.73 Å². The average molecular weight is 231 g/mol. The molecule has 0 fully saturated rings. The monoisotopic (exact) mass is 231 g/mol. The molecular weight excluding hydrogens is 214 g/mol.